The Morgan fingerprint density at radius 3 is 2.15 bits per heavy atom. The molecule has 0 bridgehead atoms. The summed E-state index contributed by atoms with van der Waals surface area (Å²) >= 11 is 0. The first-order chi connectivity index (χ1) is 12.1. The van der Waals surface area contributed by atoms with Crippen LogP contribution in [0.4, 0.5) is 0 Å². The van der Waals surface area contributed by atoms with Crippen molar-refractivity contribution in [2.75, 3.05) is 0 Å². The Balaban J connectivity index is 2.41. The lowest BCUT2D eigenvalue weighted by Crippen LogP contribution is -2.16. The summed E-state index contributed by atoms with van der Waals surface area (Å²) in [5.74, 6) is -1.09. The Bertz CT molecular complexity index is 1150. The number of aryl methyl sites for hydroxylation is 2. The second-order valence-corrected chi connectivity index (χ2v) is 8.22. The highest BCUT2D eigenvalue weighted by Gasteiger charge is 2.29. The maximum Gasteiger partial charge on any atom is 0.266 e. The van der Waals surface area contributed by atoms with Crippen LogP contribution in [0, 0.1) is 13.8 Å². The molecule has 1 aromatic heterocycles. The van der Waals surface area contributed by atoms with Crippen LogP contribution in [0.2, 0.25) is 0 Å². The number of benzene rings is 2. The fourth-order valence-electron chi connectivity index (χ4n) is 3.04. The zero-order valence-corrected chi connectivity index (χ0v) is 15.4. The number of fused-ring (bicyclic) bond motifs is 1. The average molecular weight is 370 g/mol. The molecule has 26 heavy (non-hydrogen) atoms. The molecule has 7 heteroatoms. The van der Waals surface area contributed by atoms with Crippen molar-refractivity contribution < 1.29 is 18.0 Å². The van der Waals surface area contributed by atoms with E-state index in [0.717, 1.165) is 11.1 Å². The number of nitrogens with one attached hydrogen (secondary N) is 1. The number of nitrogens with two attached hydrogens (primary N) is 1. The summed E-state index contributed by atoms with van der Waals surface area (Å²) in [6.07, 6.45) is 0. The van der Waals surface area contributed by atoms with Gasteiger partial charge in [0.2, 0.25) is 9.84 Å². The van der Waals surface area contributed by atoms with Gasteiger partial charge in [0.15, 0.2) is 5.78 Å². The van der Waals surface area contributed by atoms with Crippen molar-refractivity contribution in [3.63, 3.8) is 0 Å². The Hall–Kier alpha value is -2.93. The topological polar surface area (TPSA) is 110 Å². The number of primary amides is 1. The average Bonchev–Trinajstić information content (AvgIpc) is 2.93. The van der Waals surface area contributed by atoms with E-state index in [1.807, 2.05) is 6.07 Å². The molecular weight excluding hydrogens is 352 g/mol. The van der Waals surface area contributed by atoms with E-state index in [4.69, 9.17) is 5.73 Å². The molecule has 0 saturated heterocycles. The third-order valence-corrected chi connectivity index (χ3v) is 6.00. The maximum absolute atomic E-state index is 13.3. The van der Waals surface area contributed by atoms with Crippen LogP contribution in [0.3, 0.4) is 0 Å². The van der Waals surface area contributed by atoms with Crippen molar-refractivity contribution in [3.8, 4) is 0 Å². The maximum atomic E-state index is 13.3. The van der Waals surface area contributed by atoms with Gasteiger partial charge in [0, 0.05) is 16.5 Å². The number of sulfone groups is 1. The van der Waals surface area contributed by atoms with Gasteiger partial charge in [0.05, 0.1) is 4.90 Å². The molecule has 0 radical (unpaired) electrons. The fourth-order valence-corrected chi connectivity index (χ4v) is 4.84. The first-order valence-electron chi connectivity index (χ1n) is 7.91. The second kappa shape index (κ2) is 6.10. The van der Waals surface area contributed by atoms with Crippen molar-refractivity contribution in [2.45, 2.75) is 30.6 Å². The third-order valence-electron chi connectivity index (χ3n) is 4.18. The van der Waals surface area contributed by atoms with Crippen LogP contribution in [0.15, 0.2) is 46.2 Å². The van der Waals surface area contributed by atoms with Gasteiger partial charge in [-0.25, -0.2) is 8.42 Å². The summed E-state index contributed by atoms with van der Waals surface area (Å²) in [6, 6.07) is 9.55. The minimum absolute atomic E-state index is 0.0756. The molecule has 3 aromatic rings. The third kappa shape index (κ3) is 2.90. The van der Waals surface area contributed by atoms with E-state index in [-0.39, 0.29) is 26.7 Å². The van der Waals surface area contributed by atoms with Crippen LogP contribution < -0.4 is 5.73 Å². The van der Waals surface area contributed by atoms with Crippen molar-refractivity contribution in [1.82, 2.24) is 4.98 Å². The van der Waals surface area contributed by atoms with Gasteiger partial charge >= 0.3 is 0 Å². The number of hydrogen-bond acceptors (Lipinski definition) is 4. The minimum atomic E-state index is -4.03. The van der Waals surface area contributed by atoms with Crippen LogP contribution in [0.25, 0.3) is 10.9 Å². The van der Waals surface area contributed by atoms with Crippen LogP contribution in [0.1, 0.15) is 38.9 Å². The van der Waals surface area contributed by atoms with Crippen molar-refractivity contribution >= 4 is 32.4 Å². The lowest BCUT2D eigenvalue weighted by Gasteiger charge is -2.08. The smallest absolute Gasteiger partial charge is 0.266 e. The quantitative estimate of drug-likeness (QED) is 0.688. The summed E-state index contributed by atoms with van der Waals surface area (Å²) < 4.78 is 26.6. The highest BCUT2D eigenvalue weighted by Crippen LogP contribution is 2.33. The van der Waals surface area contributed by atoms with Gasteiger partial charge in [-0.2, -0.15) is 0 Å². The predicted molar refractivity (Wildman–Crippen MR) is 98.2 cm³/mol. The lowest BCUT2D eigenvalue weighted by atomic mass is 10.1. The number of ketones is 1. The number of H-pyrrole nitrogens is 1. The molecule has 0 unspecified atom stereocenters. The molecule has 3 N–H and O–H groups in total. The summed E-state index contributed by atoms with van der Waals surface area (Å²) in [5, 5.41) is 0.269. The zero-order valence-electron chi connectivity index (χ0n) is 14.6. The van der Waals surface area contributed by atoms with Crippen molar-refractivity contribution in [3.05, 3.63) is 58.8 Å². The number of Topliss-reactive ketones (excluding diaryl/α,β-unsaturated/α-hetero) is 1. The standard InChI is InChI=1S/C19H18N2O4S/c1-10-6-11(2)8-14(7-10)26(24,25)18-15-9-13(12(3)22)4-5-16(15)21-17(18)19(20)23/h4-9,21H,1-3H3,(H2,20,23). The van der Waals surface area contributed by atoms with E-state index >= 15 is 0 Å². The SMILES string of the molecule is CC(=O)c1ccc2[nH]c(C(N)=O)c(S(=O)(=O)c3cc(C)cc(C)c3)c2c1. The number of aromatic nitrogens is 1. The molecule has 3 rings (SSSR count). The highest BCUT2D eigenvalue weighted by molar-refractivity contribution is 7.91. The van der Waals surface area contributed by atoms with Crippen molar-refractivity contribution in [2.24, 2.45) is 5.73 Å². The second-order valence-electron chi connectivity index (χ2n) is 6.34. The Kier molecular flexibility index (Phi) is 4.20. The van der Waals surface area contributed by atoms with Gasteiger partial charge in [-0.15, -0.1) is 0 Å². The fraction of sp³-hybridized carbons (Fsp3) is 0.158. The number of hydrogen-bond donors (Lipinski definition) is 2. The molecule has 0 aliphatic heterocycles. The number of carbonyl (C=O) groups is 2. The normalized spacial score (nSPS) is 11.7. The van der Waals surface area contributed by atoms with Crippen LogP contribution in [-0.4, -0.2) is 25.1 Å². The van der Waals surface area contributed by atoms with E-state index in [9.17, 15) is 18.0 Å². The van der Waals surface area contributed by atoms with Gasteiger partial charge in [0.25, 0.3) is 5.91 Å². The monoisotopic (exact) mass is 370 g/mol. The Morgan fingerprint density at radius 2 is 1.62 bits per heavy atom. The van der Waals surface area contributed by atoms with Crippen molar-refractivity contribution in [1.29, 1.82) is 0 Å². The van der Waals surface area contributed by atoms with E-state index in [2.05, 4.69) is 4.98 Å². The molecule has 0 aliphatic carbocycles. The highest BCUT2D eigenvalue weighted by atomic mass is 32.2. The largest absolute Gasteiger partial charge is 0.364 e. The molecule has 1 amide bonds. The molecule has 0 aliphatic rings. The number of rotatable bonds is 4. The van der Waals surface area contributed by atoms with Gasteiger partial charge < -0.3 is 10.7 Å². The van der Waals surface area contributed by atoms with E-state index in [1.165, 1.54) is 13.0 Å². The van der Waals surface area contributed by atoms with E-state index in [1.54, 1.807) is 38.1 Å². The number of amides is 1. The van der Waals surface area contributed by atoms with Crippen LogP contribution >= 0.6 is 0 Å². The van der Waals surface area contributed by atoms with Gasteiger partial charge in [0.1, 0.15) is 10.6 Å². The first kappa shape index (κ1) is 17.9. The molecule has 0 fully saturated rings. The Morgan fingerprint density at radius 1 is 1.00 bits per heavy atom. The summed E-state index contributed by atoms with van der Waals surface area (Å²) in [6.45, 7) is 4.98. The molecule has 134 valence electrons. The minimum Gasteiger partial charge on any atom is -0.364 e. The molecule has 0 saturated carbocycles. The zero-order chi connectivity index (χ0) is 19.2. The molecule has 1 heterocycles. The molecule has 6 nitrogen and oxygen atoms in total. The molecular formula is C19H18N2O4S. The van der Waals surface area contributed by atoms with Crippen LogP contribution in [0.5, 0.6) is 0 Å². The number of aromatic amines is 1. The predicted octanol–water partition coefficient (Wildman–Crippen LogP) is 2.92. The van der Waals surface area contributed by atoms with Gasteiger partial charge in [-0.3, -0.25) is 9.59 Å². The Labute approximate surface area is 150 Å². The summed E-state index contributed by atoms with van der Waals surface area (Å²) in [4.78, 5) is 26.2. The van der Waals surface area contributed by atoms with E-state index in [0.29, 0.717) is 11.1 Å². The first-order valence-corrected chi connectivity index (χ1v) is 9.39. The van der Waals surface area contributed by atoms with Gasteiger partial charge in [-0.05, 0) is 62.2 Å². The van der Waals surface area contributed by atoms with E-state index < -0.39 is 15.7 Å². The summed E-state index contributed by atoms with van der Waals surface area (Å²) in [7, 11) is -4.03. The lowest BCUT2D eigenvalue weighted by molar-refractivity contribution is 0.0990. The van der Waals surface area contributed by atoms with Gasteiger partial charge in [-0.1, -0.05) is 6.07 Å². The number of carbonyl (C=O) groups excluding carboxylic acids is 2. The van der Waals surface area contributed by atoms with Crippen LogP contribution in [-0.2, 0) is 9.84 Å². The molecule has 2 aromatic carbocycles. The summed E-state index contributed by atoms with van der Waals surface area (Å²) in [5.41, 5.74) is 7.56. The molecule has 0 atom stereocenters. The molecule has 0 spiro atoms.